The average Bonchev–Trinajstić information content (AvgIpc) is 3.12. The predicted molar refractivity (Wildman–Crippen MR) is 110 cm³/mol. The number of hydrogen-bond donors (Lipinski definition) is 2. The van der Waals surface area contributed by atoms with E-state index in [-0.39, 0.29) is 18.1 Å². The molecule has 5 nitrogen and oxygen atoms in total. The lowest BCUT2D eigenvalue weighted by Gasteiger charge is -2.08. The lowest BCUT2D eigenvalue weighted by molar-refractivity contribution is -0.115. The van der Waals surface area contributed by atoms with Gasteiger partial charge in [-0.1, -0.05) is 47.5 Å². The smallest absolute Gasteiger partial charge is 0.271 e. The molecule has 3 rings (SSSR count). The van der Waals surface area contributed by atoms with E-state index in [1.54, 1.807) is 23.6 Å². The molecule has 2 amide bonds. The third-order valence-electron chi connectivity index (χ3n) is 3.65. The molecule has 0 unspecified atom stereocenters. The third kappa shape index (κ3) is 4.86. The molecule has 1 aromatic heterocycles. The minimum atomic E-state index is -0.435. The van der Waals surface area contributed by atoms with Gasteiger partial charge in [-0.2, -0.15) is 0 Å². The van der Waals surface area contributed by atoms with Crippen LogP contribution in [0.15, 0.2) is 47.8 Å². The van der Waals surface area contributed by atoms with Crippen LogP contribution in [0.4, 0.5) is 5.69 Å². The fourth-order valence-corrected chi connectivity index (χ4v) is 3.71. The van der Waals surface area contributed by atoms with Crippen LogP contribution in [0.5, 0.6) is 0 Å². The number of aromatic nitrogens is 1. The Labute approximate surface area is 170 Å². The number of nitrogens with zero attached hydrogens (tertiary/aromatic N) is 1. The first kappa shape index (κ1) is 19.4. The van der Waals surface area contributed by atoms with Gasteiger partial charge < -0.3 is 10.6 Å². The zero-order chi connectivity index (χ0) is 19.4. The van der Waals surface area contributed by atoms with E-state index in [1.165, 1.54) is 11.3 Å². The molecule has 1 heterocycles. The summed E-state index contributed by atoms with van der Waals surface area (Å²) in [6, 6.07) is 12.6. The first-order valence-electron chi connectivity index (χ1n) is 7.98. The molecule has 0 bridgehead atoms. The Morgan fingerprint density at radius 3 is 2.63 bits per heavy atom. The first-order valence-corrected chi connectivity index (χ1v) is 9.62. The number of rotatable bonds is 5. The van der Waals surface area contributed by atoms with E-state index in [4.69, 9.17) is 23.2 Å². The minimum absolute atomic E-state index is 0.192. The van der Waals surface area contributed by atoms with Crippen molar-refractivity contribution >= 4 is 52.0 Å². The average molecular weight is 420 g/mol. The number of anilines is 1. The predicted octanol–water partition coefficient (Wildman–Crippen LogP) is 4.79. The van der Waals surface area contributed by atoms with E-state index >= 15 is 0 Å². The summed E-state index contributed by atoms with van der Waals surface area (Å²) < 4.78 is 0. The number of carbonyl (C=O) groups excluding carboxylic acids is 2. The van der Waals surface area contributed by atoms with Crippen LogP contribution in [0.2, 0.25) is 10.0 Å². The van der Waals surface area contributed by atoms with Crippen molar-refractivity contribution in [2.75, 3.05) is 11.9 Å². The summed E-state index contributed by atoms with van der Waals surface area (Å²) in [5.41, 5.74) is 2.48. The standard InChI is InChI=1S/C19H15Cl2N3O2S/c1-11-6-7-15(14(21)8-11)23-17(25)9-22-18(26)16-10-27-19(24-16)12-4-2-3-5-13(12)20/h2-8,10H,9H2,1H3,(H,22,26)(H,23,25). The molecule has 0 saturated heterocycles. The van der Waals surface area contributed by atoms with Crippen LogP contribution < -0.4 is 10.6 Å². The van der Waals surface area contributed by atoms with E-state index in [1.807, 2.05) is 31.2 Å². The number of amides is 2. The number of halogens is 2. The molecule has 0 radical (unpaired) electrons. The molecule has 138 valence electrons. The van der Waals surface area contributed by atoms with Crippen molar-refractivity contribution in [2.45, 2.75) is 6.92 Å². The molecule has 0 aliphatic rings. The number of nitrogens with one attached hydrogen (secondary N) is 2. The molecule has 0 fully saturated rings. The van der Waals surface area contributed by atoms with E-state index < -0.39 is 5.91 Å². The van der Waals surface area contributed by atoms with Crippen molar-refractivity contribution < 1.29 is 9.59 Å². The quantitative estimate of drug-likeness (QED) is 0.623. The first-order chi connectivity index (χ1) is 12.9. The second-order valence-corrected chi connectivity index (χ2v) is 7.40. The van der Waals surface area contributed by atoms with Gasteiger partial charge in [0.2, 0.25) is 5.91 Å². The Bertz CT molecular complexity index is 1000. The summed E-state index contributed by atoms with van der Waals surface area (Å²) in [4.78, 5) is 28.6. The fourth-order valence-electron chi connectivity index (χ4n) is 2.30. The van der Waals surface area contributed by atoms with Crippen molar-refractivity contribution in [3.63, 3.8) is 0 Å². The van der Waals surface area contributed by atoms with Gasteiger partial charge in [0.25, 0.3) is 5.91 Å². The summed E-state index contributed by atoms with van der Waals surface area (Å²) >= 11 is 13.5. The lowest BCUT2D eigenvalue weighted by atomic mass is 10.2. The zero-order valence-corrected chi connectivity index (χ0v) is 16.6. The van der Waals surface area contributed by atoms with Crippen LogP contribution in [0.1, 0.15) is 16.1 Å². The highest BCUT2D eigenvalue weighted by atomic mass is 35.5. The maximum atomic E-state index is 12.2. The molecule has 0 atom stereocenters. The molecule has 27 heavy (non-hydrogen) atoms. The van der Waals surface area contributed by atoms with Gasteiger partial charge >= 0.3 is 0 Å². The van der Waals surface area contributed by atoms with Gasteiger partial charge in [0.15, 0.2) is 0 Å². The van der Waals surface area contributed by atoms with E-state index in [0.717, 1.165) is 11.1 Å². The lowest BCUT2D eigenvalue weighted by Crippen LogP contribution is -2.33. The van der Waals surface area contributed by atoms with Gasteiger partial charge in [-0.05, 0) is 30.7 Å². The SMILES string of the molecule is Cc1ccc(NC(=O)CNC(=O)c2csc(-c3ccccc3Cl)n2)c(Cl)c1. The van der Waals surface area contributed by atoms with Gasteiger partial charge in [-0.15, -0.1) is 11.3 Å². The summed E-state index contributed by atoms with van der Waals surface area (Å²) in [5, 5.41) is 8.48. The molecule has 8 heteroatoms. The van der Waals surface area contributed by atoms with Crippen molar-refractivity contribution in [3.8, 4) is 10.6 Å². The van der Waals surface area contributed by atoms with Gasteiger partial charge in [-0.25, -0.2) is 4.98 Å². The molecular weight excluding hydrogens is 405 g/mol. The van der Waals surface area contributed by atoms with Gasteiger partial charge in [-0.3, -0.25) is 9.59 Å². The monoisotopic (exact) mass is 419 g/mol. The molecular formula is C19H15Cl2N3O2S. The highest BCUT2D eigenvalue weighted by Crippen LogP contribution is 2.30. The van der Waals surface area contributed by atoms with Crippen LogP contribution >= 0.6 is 34.5 Å². The van der Waals surface area contributed by atoms with Crippen LogP contribution in [0.3, 0.4) is 0 Å². The van der Waals surface area contributed by atoms with Crippen LogP contribution in [0.25, 0.3) is 10.6 Å². The summed E-state index contributed by atoms with van der Waals surface area (Å²) in [6.45, 7) is 1.71. The van der Waals surface area contributed by atoms with Crippen molar-refractivity contribution in [1.82, 2.24) is 10.3 Å². The Morgan fingerprint density at radius 2 is 1.89 bits per heavy atom. The number of benzene rings is 2. The van der Waals surface area contributed by atoms with Crippen LogP contribution in [-0.2, 0) is 4.79 Å². The van der Waals surface area contributed by atoms with Gasteiger partial charge in [0, 0.05) is 10.9 Å². The Kier molecular flexibility index (Phi) is 6.11. The number of carbonyl (C=O) groups is 2. The molecule has 0 aliphatic carbocycles. The normalized spacial score (nSPS) is 10.5. The topological polar surface area (TPSA) is 71.1 Å². The number of aryl methyl sites for hydroxylation is 1. The van der Waals surface area contributed by atoms with Crippen molar-refractivity contribution in [2.24, 2.45) is 0 Å². The number of hydrogen-bond acceptors (Lipinski definition) is 4. The van der Waals surface area contributed by atoms with Crippen molar-refractivity contribution in [3.05, 3.63) is 69.1 Å². The highest BCUT2D eigenvalue weighted by Gasteiger charge is 2.14. The second-order valence-electron chi connectivity index (χ2n) is 5.73. The Hall–Kier alpha value is -2.41. The molecule has 0 aliphatic heterocycles. The zero-order valence-electron chi connectivity index (χ0n) is 14.3. The number of thiazole rings is 1. The molecule has 0 saturated carbocycles. The molecule has 0 spiro atoms. The summed E-state index contributed by atoms with van der Waals surface area (Å²) in [6.07, 6.45) is 0. The summed E-state index contributed by atoms with van der Waals surface area (Å²) in [5.74, 6) is -0.814. The summed E-state index contributed by atoms with van der Waals surface area (Å²) in [7, 11) is 0. The van der Waals surface area contributed by atoms with E-state index in [9.17, 15) is 9.59 Å². The molecule has 3 aromatic rings. The Balaban J connectivity index is 1.59. The third-order valence-corrected chi connectivity index (χ3v) is 5.17. The van der Waals surface area contributed by atoms with Crippen molar-refractivity contribution in [1.29, 1.82) is 0 Å². The van der Waals surface area contributed by atoms with Gasteiger partial charge in [0.1, 0.15) is 10.7 Å². The van der Waals surface area contributed by atoms with E-state index in [2.05, 4.69) is 15.6 Å². The molecule has 2 N–H and O–H groups in total. The fraction of sp³-hybridized carbons (Fsp3) is 0.105. The highest BCUT2D eigenvalue weighted by molar-refractivity contribution is 7.13. The largest absolute Gasteiger partial charge is 0.342 e. The second kappa shape index (κ2) is 8.52. The van der Waals surface area contributed by atoms with Gasteiger partial charge in [0.05, 0.1) is 22.3 Å². The minimum Gasteiger partial charge on any atom is -0.342 e. The van der Waals surface area contributed by atoms with Crippen LogP contribution in [-0.4, -0.2) is 23.3 Å². The maximum absolute atomic E-state index is 12.2. The van der Waals surface area contributed by atoms with Crippen LogP contribution in [0, 0.1) is 6.92 Å². The molecule has 2 aromatic carbocycles. The van der Waals surface area contributed by atoms with E-state index in [0.29, 0.717) is 20.7 Å². The Morgan fingerprint density at radius 1 is 1.11 bits per heavy atom. The maximum Gasteiger partial charge on any atom is 0.271 e.